The molecule has 29 aromatic carbocycles. The van der Waals surface area contributed by atoms with Gasteiger partial charge >= 0.3 is 5.97 Å². The molecular weight excluding hydrogens is 975 g/mol. The zero-order chi connectivity index (χ0) is 49.1. The molecule has 1 aliphatic heterocycles. The molecule has 0 saturated carbocycles. The molecule has 0 bridgehead atoms. The Morgan fingerprint density at radius 1 is 0.388 bits per heavy atom. The van der Waals surface area contributed by atoms with Crippen LogP contribution in [-0.2, 0) is 20.4 Å². The molecule has 1 fully saturated rings. The molecular formula is C76H17NO3. The van der Waals surface area contributed by atoms with Crippen LogP contribution in [0.2, 0.25) is 0 Å². The van der Waals surface area contributed by atoms with Crippen LogP contribution in [0.3, 0.4) is 0 Å². The van der Waals surface area contributed by atoms with E-state index in [0.29, 0.717) is 12.1 Å². The first kappa shape index (κ1) is 32.2. The summed E-state index contributed by atoms with van der Waals surface area (Å²) in [6.07, 6.45) is 0.167. The number of likely N-dealkylation sites (tertiary alicyclic amines) is 1. The fourth-order valence-electron chi connectivity index (χ4n) is 27.0. The maximum absolute atomic E-state index is 17.3. The van der Waals surface area contributed by atoms with Gasteiger partial charge in [-0.25, -0.2) is 4.79 Å². The second kappa shape index (κ2) is 7.64. The molecule has 34 rings (SSSR count). The van der Waals surface area contributed by atoms with Crippen molar-refractivity contribution in [3.05, 3.63) is 58.1 Å². The lowest BCUT2D eigenvalue weighted by molar-refractivity contribution is -0.157. The van der Waals surface area contributed by atoms with E-state index in [1.165, 1.54) is 216 Å². The SMILES string of the molecule is CC#CCC1(C(=O)OCC)N(C(=O)c2ccccc2)CC23c4c5c6c7c8c9c(c%10c%11c2c2c4c4c%12c5c5c6c6c8c8c%13c9c9c%10c%10c%11c%11c2c2c4c4c%12c%12c5c5c6c8c6c8c%13c9c9c%10c%10c%11c2c2c4c4c%12c5c6c5c8c9c%10c2c45)C731. The highest BCUT2D eigenvalue weighted by atomic mass is 16.5. The van der Waals surface area contributed by atoms with Crippen molar-refractivity contribution in [1.29, 1.82) is 0 Å². The number of esters is 1. The maximum Gasteiger partial charge on any atom is 0.334 e. The number of amides is 1. The second-order valence-corrected chi connectivity index (χ2v) is 27.8. The summed E-state index contributed by atoms with van der Waals surface area (Å²) in [4.78, 5) is 36.3. The van der Waals surface area contributed by atoms with Crippen molar-refractivity contribution >= 4 is 303 Å². The summed E-state index contributed by atoms with van der Waals surface area (Å²) in [6.45, 7) is 4.46. The average molecular weight is 992 g/mol. The van der Waals surface area contributed by atoms with Crippen molar-refractivity contribution in [2.24, 2.45) is 0 Å². The topological polar surface area (TPSA) is 46.6 Å². The standard InChI is InChI=1S/C76H17NO3/c1-3-5-11-75(73(79)80-4-2)76-70-64-58-48-36-28-20-16-14-15-18-22(20)30(36)40-34-26(18)27-19(15)23-21-17(14)25-24(16)32-38(28)46-52-42(32)43-33(25)39-29(21)37-31(23)41-35(27)45-44(34)56(50(40)58)66(70)67-57(45)51(41)59-49(37)55-47(39)53(43)61-60(52)68(62(64)54(46)48)74(76,69(61)63(55)65(59)71(67)76)12-77(75)72(78)13-9-7-6-8-10-13/h6-10H,4,11-12H2,1-2H3. The highest BCUT2D eigenvalue weighted by Gasteiger charge is 2.84. The van der Waals surface area contributed by atoms with Crippen LogP contribution in [0.15, 0.2) is 30.3 Å². The second-order valence-electron chi connectivity index (χ2n) is 27.8. The monoisotopic (exact) mass is 991 g/mol. The fraction of sp³-hybridized carbons (Fsp3) is 0.105. The molecule has 80 heavy (non-hydrogen) atoms. The summed E-state index contributed by atoms with van der Waals surface area (Å²) in [5.74, 6) is 6.72. The molecule has 2 spiro atoms. The minimum Gasteiger partial charge on any atom is -0.464 e. The Kier molecular flexibility index (Phi) is 3.07. The lowest BCUT2D eigenvalue weighted by Gasteiger charge is -2.55. The van der Waals surface area contributed by atoms with Crippen LogP contribution in [0.4, 0.5) is 0 Å². The highest BCUT2D eigenvalue weighted by Crippen LogP contribution is 2.87. The molecule has 0 N–H and O–H groups in total. The van der Waals surface area contributed by atoms with Gasteiger partial charge in [0.25, 0.3) is 5.91 Å². The number of carbonyl (C=O) groups is 2. The Balaban J connectivity index is 1.08. The minimum atomic E-state index is -1.57. The Labute approximate surface area is 439 Å². The van der Waals surface area contributed by atoms with E-state index >= 15 is 9.59 Å². The maximum atomic E-state index is 17.3. The number of rotatable bonds is 4. The van der Waals surface area contributed by atoms with Gasteiger partial charge in [0.1, 0.15) is 0 Å². The quantitative estimate of drug-likeness (QED) is 0.100. The van der Waals surface area contributed by atoms with Crippen LogP contribution in [0.1, 0.15) is 52.9 Å². The first-order valence-electron chi connectivity index (χ1n) is 29.3. The molecule has 1 atom stereocenters. The number of nitrogens with zero attached hydrogens (tertiary/aromatic N) is 1. The van der Waals surface area contributed by atoms with Gasteiger partial charge in [-0.05, 0) is 339 Å². The van der Waals surface area contributed by atoms with Gasteiger partial charge in [0.05, 0.1) is 17.4 Å². The molecule has 0 radical (unpaired) electrons. The predicted molar refractivity (Wildman–Crippen MR) is 329 cm³/mol. The summed E-state index contributed by atoms with van der Waals surface area (Å²) in [5.41, 5.74) is 2.58. The molecule has 0 aromatic heterocycles. The molecule has 4 aliphatic carbocycles. The van der Waals surface area contributed by atoms with Gasteiger partial charge in [0, 0.05) is 18.5 Å². The lowest BCUT2D eigenvalue weighted by Crippen LogP contribution is -2.67. The van der Waals surface area contributed by atoms with Crippen molar-refractivity contribution in [2.75, 3.05) is 13.2 Å². The van der Waals surface area contributed by atoms with Crippen LogP contribution in [0.5, 0.6) is 0 Å². The van der Waals surface area contributed by atoms with Crippen LogP contribution < -0.4 is 0 Å². The van der Waals surface area contributed by atoms with E-state index < -0.39 is 16.4 Å². The van der Waals surface area contributed by atoms with E-state index in [1.807, 2.05) is 44.2 Å². The zero-order valence-electron chi connectivity index (χ0n) is 41.7. The summed E-state index contributed by atoms with van der Waals surface area (Å²) in [7, 11) is 0. The Morgan fingerprint density at radius 2 is 0.637 bits per heavy atom. The van der Waals surface area contributed by atoms with Crippen LogP contribution in [0.25, 0.3) is 291 Å². The first-order valence-corrected chi connectivity index (χ1v) is 29.3. The van der Waals surface area contributed by atoms with Gasteiger partial charge in [-0.2, -0.15) is 0 Å². The minimum absolute atomic E-state index is 0.104. The molecule has 5 aliphatic rings. The van der Waals surface area contributed by atoms with Crippen molar-refractivity contribution in [2.45, 2.75) is 36.6 Å². The van der Waals surface area contributed by atoms with Gasteiger partial charge in [0.2, 0.25) is 0 Å². The third-order valence-electron chi connectivity index (χ3n) is 27.4. The molecule has 1 amide bonds. The van der Waals surface area contributed by atoms with Crippen LogP contribution in [0, 0.1) is 11.8 Å². The zero-order valence-corrected chi connectivity index (χ0v) is 41.7. The van der Waals surface area contributed by atoms with E-state index in [2.05, 4.69) is 16.7 Å². The van der Waals surface area contributed by atoms with Crippen molar-refractivity contribution in [1.82, 2.24) is 4.90 Å². The molecule has 29 aromatic rings. The summed E-state index contributed by atoms with van der Waals surface area (Å²) < 4.78 is 6.89. The normalized spacial score (nSPS) is 22.8. The predicted octanol–water partition coefficient (Wildman–Crippen LogP) is 18.2. The number of benzene rings is 19. The lowest BCUT2D eigenvalue weighted by atomic mass is 9.44. The number of hydrogen-bond donors (Lipinski definition) is 0. The molecule has 1 saturated heterocycles. The molecule has 344 valence electrons. The third kappa shape index (κ3) is 1.80. The average Bonchev–Trinajstić information content (AvgIpc) is 1.43. The van der Waals surface area contributed by atoms with Crippen molar-refractivity contribution in [3.63, 3.8) is 0 Å². The smallest absolute Gasteiger partial charge is 0.334 e. The first-order chi connectivity index (χ1) is 39.6. The Hall–Kier alpha value is -9.82. The summed E-state index contributed by atoms with van der Waals surface area (Å²) in [6, 6.07) is 9.96. The number of carbonyl (C=O) groups excluding carboxylic acids is 2. The van der Waals surface area contributed by atoms with Crippen molar-refractivity contribution < 1.29 is 14.3 Å². The van der Waals surface area contributed by atoms with Crippen LogP contribution >= 0.6 is 0 Å². The van der Waals surface area contributed by atoms with E-state index in [9.17, 15) is 0 Å². The van der Waals surface area contributed by atoms with Gasteiger partial charge in [-0.1, -0.05) is 18.2 Å². The van der Waals surface area contributed by atoms with Gasteiger partial charge in [0.15, 0.2) is 5.54 Å². The molecule has 1 heterocycles. The summed E-state index contributed by atoms with van der Waals surface area (Å²) in [5, 5.41) is 81.4. The number of hydrogen-bond acceptors (Lipinski definition) is 3. The van der Waals surface area contributed by atoms with E-state index in [-0.39, 0.29) is 24.9 Å². The number of ether oxygens (including phenoxy) is 1. The van der Waals surface area contributed by atoms with Crippen molar-refractivity contribution in [3.8, 4) is 11.8 Å². The van der Waals surface area contributed by atoms with E-state index in [0.717, 1.165) is 0 Å². The fourth-order valence-corrected chi connectivity index (χ4v) is 27.0. The highest BCUT2D eigenvalue weighted by molar-refractivity contribution is 6.82. The largest absolute Gasteiger partial charge is 0.464 e. The third-order valence-corrected chi connectivity index (χ3v) is 27.4. The van der Waals surface area contributed by atoms with Gasteiger partial charge in [-0.3, -0.25) is 4.79 Å². The van der Waals surface area contributed by atoms with E-state index in [4.69, 9.17) is 4.74 Å². The van der Waals surface area contributed by atoms with Gasteiger partial charge in [-0.15, -0.1) is 11.8 Å². The molecule has 1 unspecified atom stereocenters. The van der Waals surface area contributed by atoms with E-state index in [1.54, 1.807) is 97.0 Å². The summed E-state index contributed by atoms with van der Waals surface area (Å²) >= 11 is 0. The molecule has 4 nitrogen and oxygen atoms in total. The Bertz CT molecular complexity index is 7720. The van der Waals surface area contributed by atoms with Gasteiger partial charge < -0.3 is 9.64 Å². The Morgan fingerprint density at radius 3 is 0.887 bits per heavy atom. The molecule has 4 heteroatoms. The van der Waals surface area contributed by atoms with Crippen LogP contribution in [-0.4, -0.2) is 35.5 Å².